The third-order valence-electron chi connectivity index (χ3n) is 1.54. The Morgan fingerprint density at radius 2 is 1.87 bits per heavy atom. The first kappa shape index (κ1) is 13.7. The van der Waals surface area contributed by atoms with Crippen LogP contribution in [0, 0.1) is 0 Å². The average Bonchev–Trinajstić information content (AvgIpc) is 2.24. The van der Waals surface area contributed by atoms with Crippen LogP contribution in [0.15, 0.2) is 0 Å². The number of likely N-dealkylation sites (N-methyl/N-ethyl adjacent to an activating group) is 1. The Morgan fingerprint density at radius 1 is 1.20 bits per heavy atom. The summed E-state index contributed by atoms with van der Waals surface area (Å²) in [5.41, 5.74) is 0. The zero-order chi connectivity index (χ0) is 11.5. The van der Waals surface area contributed by atoms with Crippen LogP contribution in [0.25, 0.3) is 0 Å². The van der Waals surface area contributed by atoms with Gasteiger partial charge in [-0.05, 0) is 13.5 Å². The maximum atomic E-state index is 10.8. The Hall–Kier alpha value is -1.30. The van der Waals surface area contributed by atoms with Gasteiger partial charge in [-0.25, -0.2) is 4.79 Å². The molecule has 0 bridgehead atoms. The quantitative estimate of drug-likeness (QED) is 0.490. The second-order valence-electron chi connectivity index (χ2n) is 2.73. The van der Waals surface area contributed by atoms with Gasteiger partial charge in [0.15, 0.2) is 0 Å². The van der Waals surface area contributed by atoms with E-state index in [0.717, 1.165) is 0 Å². The molecule has 0 saturated heterocycles. The number of methoxy groups -OCH3 is 1. The van der Waals surface area contributed by atoms with Crippen molar-refractivity contribution in [3.05, 3.63) is 0 Å². The van der Waals surface area contributed by atoms with E-state index in [-0.39, 0.29) is 25.6 Å². The van der Waals surface area contributed by atoms with Gasteiger partial charge in [0.05, 0.1) is 13.7 Å². The van der Waals surface area contributed by atoms with E-state index >= 15 is 0 Å². The SMILES string of the molecule is CNCCOC(=O)OCCCC(=O)OC. The minimum atomic E-state index is -0.713. The fraction of sp³-hybridized carbons (Fsp3) is 0.778. The van der Waals surface area contributed by atoms with Crippen LogP contribution in [-0.2, 0) is 19.0 Å². The van der Waals surface area contributed by atoms with E-state index in [1.807, 2.05) is 0 Å². The normalized spacial score (nSPS) is 9.47. The van der Waals surface area contributed by atoms with Crippen molar-refractivity contribution in [2.24, 2.45) is 0 Å². The van der Waals surface area contributed by atoms with E-state index in [2.05, 4.69) is 19.5 Å². The molecule has 0 unspecified atom stereocenters. The number of esters is 1. The zero-order valence-corrected chi connectivity index (χ0v) is 9.08. The molecule has 0 atom stereocenters. The highest BCUT2D eigenvalue weighted by molar-refractivity contribution is 5.69. The van der Waals surface area contributed by atoms with Gasteiger partial charge in [0.25, 0.3) is 0 Å². The Labute approximate surface area is 88.9 Å². The highest BCUT2D eigenvalue weighted by Gasteiger charge is 2.04. The van der Waals surface area contributed by atoms with Crippen molar-refractivity contribution >= 4 is 12.1 Å². The molecule has 0 heterocycles. The topological polar surface area (TPSA) is 73.9 Å². The molecule has 6 nitrogen and oxygen atoms in total. The molecule has 0 saturated carbocycles. The van der Waals surface area contributed by atoms with Crippen LogP contribution in [0.2, 0.25) is 0 Å². The molecule has 0 radical (unpaired) electrons. The smallest absolute Gasteiger partial charge is 0.469 e. The first-order valence-electron chi connectivity index (χ1n) is 4.71. The van der Waals surface area contributed by atoms with Crippen LogP contribution in [0.5, 0.6) is 0 Å². The number of nitrogens with one attached hydrogen (secondary N) is 1. The van der Waals surface area contributed by atoms with Gasteiger partial charge in [-0.15, -0.1) is 0 Å². The number of hydrogen-bond acceptors (Lipinski definition) is 6. The summed E-state index contributed by atoms with van der Waals surface area (Å²) in [4.78, 5) is 21.5. The molecule has 0 aliphatic carbocycles. The number of carbonyl (C=O) groups is 2. The van der Waals surface area contributed by atoms with Gasteiger partial charge in [0.2, 0.25) is 0 Å². The Kier molecular flexibility index (Phi) is 8.46. The molecular formula is C9H17NO5. The number of ether oxygens (including phenoxy) is 3. The standard InChI is InChI=1S/C9H17NO5/c1-10-5-7-15-9(12)14-6-3-4-8(11)13-2/h10H,3-7H2,1-2H3. The number of rotatable bonds is 7. The van der Waals surface area contributed by atoms with Crippen LogP contribution < -0.4 is 5.32 Å². The lowest BCUT2D eigenvalue weighted by molar-refractivity contribution is -0.140. The van der Waals surface area contributed by atoms with Crippen molar-refractivity contribution in [2.45, 2.75) is 12.8 Å². The van der Waals surface area contributed by atoms with E-state index in [9.17, 15) is 9.59 Å². The highest BCUT2D eigenvalue weighted by atomic mass is 16.7. The lowest BCUT2D eigenvalue weighted by Crippen LogP contribution is -2.18. The monoisotopic (exact) mass is 219 g/mol. The average molecular weight is 219 g/mol. The molecule has 0 aromatic carbocycles. The van der Waals surface area contributed by atoms with E-state index in [4.69, 9.17) is 0 Å². The first-order valence-corrected chi connectivity index (χ1v) is 4.71. The van der Waals surface area contributed by atoms with Gasteiger partial charge < -0.3 is 19.5 Å². The zero-order valence-electron chi connectivity index (χ0n) is 9.08. The minimum Gasteiger partial charge on any atom is -0.469 e. The molecule has 0 rings (SSSR count). The van der Waals surface area contributed by atoms with Crippen molar-refractivity contribution in [2.75, 3.05) is 33.9 Å². The molecule has 0 aromatic rings. The van der Waals surface area contributed by atoms with Crippen LogP contribution >= 0.6 is 0 Å². The molecule has 0 aliphatic rings. The molecule has 15 heavy (non-hydrogen) atoms. The van der Waals surface area contributed by atoms with Crippen LogP contribution in [0.3, 0.4) is 0 Å². The fourth-order valence-corrected chi connectivity index (χ4v) is 0.752. The van der Waals surface area contributed by atoms with Crippen molar-refractivity contribution in [3.63, 3.8) is 0 Å². The van der Waals surface area contributed by atoms with Crippen molar-refractivity contribution in [1.29, 1.82) is 0 Å². The summed E-state index contributed by atoms with van der Waals surface area (Å²) in [6, 6.07) is 0. The second kappa shape index (κ2) is 9.26. The van der Waals surface area contributed by atoms with Gasteiger partial charge in [0, 0.05) is 13.0 Å². The number of hydrogen-bond donors (Lipinski definition) is 1. The van der Waals surface area contributed by atoms with Crippen LogP contribution in [-0.4, -0.2) is 46.0 Å². The lowest BCUT2D eigenvalue weighted by atomic mass is 10.3. The van der Waals surface area contributed by atoms with E-state index < -0.39 is 6.16 Å². The predicted molar refractivity (Wildman–Crippen MR) is 52.5 cm³/mol. The second-order valence-corrected chi connectivity index (χ2v) is 2.73. The summed E-state index contributed by atoms with van der Waals surface area (Å²) >= 11 is 0. The van der Waals surface area contributed by atoms with Gasteiger partial charge in [-0.2, -0.15) is 0 Å². The van der Waals surface area contributed by atoms with Crippen molar-refractivity contribution in [3.8, 4) is 0 Å². The molecule has 0 fully saturated rings. The summed E-state index contributed by atoms with van der Waals surface area (Å²) in [6.45, 7) is 1.01. The third-order valence-corrected chi connectivity index (χ3v) is 1.54. The number of carbonyl (C=O) groups excluding carboxylic acids is 2. The summed E-state index contributed by atoms with van der Waals surface area (Å²) in [7, 11) is 3.07. The molecule has 0 aromatic heterocycles. The van der Waals surface area contributed by atoms with Crippen molar-refractivity contribution < 1.29 is 23.8 Å². The maximum Gasteiger partial charge on any atom is 0.508 e. The largest absolute Gasteiger partial charge is 0.508 e. The first-order chi connectivity index (χ1) is 7.20. The Bertz CT molecular complexity index is 195. The van der Waals surface area contributed by atoms with Gasteiger partial charge in [-0.3, -0.25) is 4.79 Å². The van der Waals surface area contributed by atoms with Crippen molar-refractivity contribution in [1.82, 2.24) is 5.32 Å². The Morgan fingerprint density at radius 3 is 2.47 bits per heavy atom. The molecule has 88 valence electrons. The van der Waals surface area contributed by atoms with E-state index in [0.29, 0.717) is 13.0 Å². The molecule has 0 spiro atoms. The van der Waals surface area contributed by atoms with E-state index in [1.165, 1.54) is 7.11 Å². The predicted octanol–water partition coefficient (Wildman–Crippen LogP) is 0.312. The fourth-order valence-electron chi connectivity index (χ4n) is 0.752. The maximum absolute atomic E-state index is 10.8. The third kappa shape index (κ3) is 9.01. The van der Waals surface area contributed by atoms with Gasteiger partial charge >= 0.3 is 12.1 Å². The Balaban J connectivity index is 3.27. The van der Waals surface area contributed by atoms with Crippen LogP contribution in [0.4, 0.5) is 4.79 Å². The molecular weight excluding hydrogens is 202 g/mol. The summed E-state index contributed by atoms with van der Waals surface area (Å²) < 4.78 is 13.8. The minimum absolute atomic E-state index is 0.160. The lowest BCUT2D eigenvalue weighted by Gasteiger charge is -2.05. The summed E-state index contributed by atoms with van der Waals surface area (Å²) in [6.07, 6.45) is -0.0382. The molecule has 6 heteroatoms. The summed E-state index contributed by atoms with van der Waals surface area (Å²) in [5.74, 6) is -0.317. The molecule has 0 aliphatic heterocycles. The summed E-state index contributed by atoms with van der Waals surface area (Å²) in [5, 5.41) is 2.82. The highest BCUT2D eigenvalue weighted by Crippen LogP contribution is 1.94. The molecule has 0 amide bonds. The van der Waals surface area contributed by atoms with E-state index in [1.54, 1.807) is 7.05 Å². The van der Waals surface area contributed by atoms with Crippen LogP contribution in [0.1, 0.15) is 12.8 Å². The van der Waals surface area contributed by atoms with Gasteiger partial charge in [-0.1, -0.05) is 0 Å². The van der Waals surface area contributed by atoms with Gasteiger partial charge in [0.1, 0.15) is 6.61 Å². The molecule has 1 N–H and O–H groups in total.